The zero-order chi connectivity index (χ0) is 33.6. The number of aryl methyl sites for hydroxylation is 1. The third-order valence-electron chi connectivity index (χ3n) is 10.8. The van der Waals surface area contributed by atoms with E-state index >= 15 is 0 Å². The number of hydrogen-bond donors (Lipinski definition) is 1. The fraction of sp³-hybridized carbons (Fsp3) is 0.378. The number of hydrogen-bond acceptors (Lipinski definition) is 10. The number of fused-ring (bicyclic) bond motifs is 10. The summed E-state index contributed by atoms with van der Waals surface area (Å²) < 4.78 is 24.2. The SMILES string of the molecule is C=CCOc1c(C)c2c(c3c1CC1[C@@H]4c5c(cc(C)c(OC)c5O)C[C@@H]([C@H](C#N)N1[C@H]3CN1C(=O)c3ccccc3C1=O)N4C)OCO2. The number of benzene rings is 3. The molecule has 0 aromatic heterocycles. The lowest BCUT2D eigenvalue weighted by molar-refractivity contribution is -0.0758. The van der Waals surface area contributed by atoms with Gasteiger partial charge in [-0.05, 0) is 57.0 Å². The number of likely N-dealkylation sites (N-methyl/N-ethyl adjacent to an activating group) is 1. The highest BCUT2D eigenvalue weighted by molar-refractivity contribution is 6.21. The molecule has 5 aliphatic heterocycles. The molecule has 2 bridgehead atoms. The first-order valence-electron chi connectivity index (χ1n) is 16.1. The first-order valence-corrected chi connectivity index (χ1v) is 16.1. The molecule has 246 valence electrons. The lowest BCUT2D eigenvalue weighted by Gasteiger charge is -2.60. The number of phenolic OH excluding ortho intramolecular Hbond substituents is 1. The van der Waals surface area contributed by atoms with Crippen LogP contribution in [0.2, 0.25) is 0 Å². The Kier molecular flexibility index (Phi) is 6.95. The van der Waals surface area contributed by atoms with Gasteiger partial charge in [0.05, 0.1) is 36.4 Å². The van der Waals surface area contributed by atoms with Gasteiger partial charge in [0.2, 0.25) is 6.79 Å². The Morgan fingerprint density at radius 1 is 1.06 bits per heavy atom. The molecule has 1 saturated heterocycles. The number of carbonyl (C=O) groups is 2. The summed E-state index contributed by atoms with van der Waals surface area (Å²) in [6, 6.07) is 9.26. The van der Waals surface area contributed by atoms with Crippen molar-refractivity contribution in [2.24, 2.45) is 0 Å². The average Bonchev–Trinajstić information content (AvgIpc) is 3.65. The minimum absolute atomic E-state index is 0.00670. The zero-order valence-electron chi connectivity index (χ0n) is 27.3. The molecular formula is C37H36N4O7. The maximum atomic E-state index is 13.8. The highest BCUT2D eigenvalue weighted by atomic mass is 16.7. The second-order valence-corrected chi connectivity index (χ2v) is 13.1. The third-order valence-corrected chi connectivity index (χ3v) is 10.8. The summed E-state index contributed by atoms with van der Waals surface area (Å²) in [5, 5.41) is 22.7. The van der Waals surface area contributed by atoms with E-state index in [1.807, 2.05) is 20.9 Å². The molecule has 11 heteroatoms. The minimum atomic E-state index is -0.650. The van der Waals surface area contributed by atoms with Gasteiger partial charge in [0.1, 0.15) is 18.4 Å². The Morgan fingerprint density at radius 2 is 1.77 bits per heavy atom. The molecule has 8 rings (SSSR count). The van der Waals surface area contributed by atoms with Gasteiger partial charge >= 0.3 is 0 Å². The van der Waals surface area contributed by atoms with Crippen LogP contribution in [-0.2, 0) is 12.8 Å². The van der Waals surface area contributed by atoms with Crippen LogP contribution in [0.15, 0.2) is 43.0 Å². The summed E-state index contributed by atoms with van der Waals surface area (Å²) in [6.07, 6.45) is 2.64. The number of aromatic hydroxyl groups is 1. The molecule has 11 nitrogen and oxygen atoms in total. The van der Waals surface area contributed by atoms with E-state index in [-0.39, 0.29) is 55.6 Å². The molecule has 3 aromatic carbocycles. The Balaban J connectivity index is 1.37. The number of nitrogens with zero attached hydrogens (tertiary/aromatic N) is 4. The number of imide groups is 1. The summed E-state index contributed by atoms with van der Waals surface area (Å²) in [5.74, 6) is 1.46. The van der Waals surface area contributed by atoms with Crippen molar-refractivity contribution < 1.29 is 33.6 Å². The van der Waals surface area contributed by atoms with Crippen molar-refractivity contribution >= 4 is 11.8 Å². The van der Waals surface area contributed by atoms with Crippen LogP contribution in [0, 0.1) is 25.2 Å². The van der Waals surface area contributed by atoms with Crippen molar-refractivity contribution in [1.82, 2.24) is 14.7 Å². The summed E-state index contributed by atoms with van der Waals surface area (Å²) >= 11 is 0. The molecule has 48 heavy (non-hydrogen) atoms. The molecule has 5 heterocycles. The van der Waals surface area contributed by atoms with E-state index < -0.39 is 12.1 Å². The summed E-state index contributed by atoms with van der Waals surface area (Å²) in [7, 11) is 3.55. The van der Waals surface area contributed by atoms with Crippen molar-refractivity contribution in [1.29, 1.82) is 5.26 Å². The van der Waals surface area contributed by atoms with Crippen LogP contribution < -0.4 is 18.9 Å². The number of rotatable bonds is 6. The number of amides is 2. The predicted octanol–water partition coefficient (Wildman–Crippen LogP) is 4.38. The molecule has 0 saturated carbocycles. The van der Waals surface area contributed by atoms with Crippen LogP contribution in [0.25, 0.3) is 0 Å². The maximum Gasteiger partial charge on any atom is 0.261 e. The number of nitriles is 1. The number of ether oxygens (including phenoxy) is 4. The molecule has 3 aromatic rings. The van der Waals surface area contributed by atoms with E-state index in [0.717, 1.165) is 33.4 Å². The van der Waals surface area contributed by atoms with Gasteiger partial charge in [-0.2, -0.15) is 5.26 Å². The van der Waals surface area contributed by atoms with Gasteiger partial charge in [0, 0.05) is 40.9 Å². The standard InChI is InChI=1S/C37H36N4O7/c1-6-11-46-33-19(3)34-35(48-17-47-34)29-23(33)14-25-30-28-20(12-18(2)32(45-5)31(28)42)13-24(39(30)4)26(15-38)41(25)27(29)16-40-36(43)21-9-7-8-10-22(21)37(40)44/h6-10,12,24-27,30,42H,1,11,13-14,16-17H2,2-5H3/t24-,25?,26-,27-,30+/m0/s1. The average molecular weight is 649 g/mol. The quantitative estimate of drug-likeness (QED) is 0.304. The molecule has 5 atom stereocenters. The number of phenols is 1. The number of carbonyl (C=O) groups excluding carboxylic acids is 2. The van der Waals surface area contributed by atoms with Crippen LogP contribution in [-0.4, -0.2) is 83.8 Å². The van der Waals surface area contributed by atoms with Crippen molar-refractivity contribution in [3.63, 3.8) is 0 Å². The molecule has 0 radical (unpaired) electrons. The van der Waals surface area contributed by atoms with Gasteiger partial charge in [-0.15, -0.1) is 0 Å². The minimum Gasteiger partial charge on any atom is -0.504 e. The number of methoxy groups -OCH3 is 1. The lowest BCUT2D eigenvalue weighted by Crippen LogP contribution is -2.68. The molecule has 1 fully saturated rings. The molecule has 0 aliphatic carbocycles. The maximum absolute atomic E-state index is 13.8. The largest absolute Gasteiger partial charge is 0.504 e. The van der Waals surface area contributed by atoms with Crippen LogP contribution in [0.5, 0.6) is 28.7 Å². The highest BCUT2D eigenvalue weighted by Crippen LogP contribution is 2.58. The van der Waals surface area contributed by atoms with Gasteiger partial charge < -0.3 is 24.1 Å². The fourth-order valence-corrected chi connectivity index (χ4v) is 8.92. The van der Waals surface area contributed by atoms with Crippen LogP contribution >= 0.6 is 0 Å². The zero-order valence-corrected chi connectivity index (χ0v) is 27.3. The van der Waals surface area contributed by atoms with E-state index in [1.165, 1.54) is 4.90 Å². The topological polar surface area (TPSA) is 125 Å². The van der Waals surface area contributed by atoms with Gasteiger partial charge in [-0.1, -0.05) is 30.9 Å². The highest BCUT2D eigenvalue weighted by Gasteiger charge is 2.57. The van der Waals surface area contributed by atoms with Crippen molar-refractivity contribution in [3.05, 3.63) is 87.5 Å². The van der Waals surface area contributed by atoms with E-state index in [0.29, 0.717) is 47.0 Å². The first-order chi connectivity index (χ1) is 23.2. The summed E-state index contributed by atoms with van der Waals surface area (Å²) in [5.41, 5.74) is 5.65. The molecule has 1 N–H and O–H groups in total. The van der Waals surface area contributed by atoms with Gasteiger partial charge in [-0.3, -0.25) is 24.3 Å². The Bertz CT molecular complexity index is 1930. The first kappa shape index (κ1) is 30.3. The van der Waals surface area contributed by atoms with E-state index in [4.69, 9.17) is 18.9 Å². The Hall–Kier alpha value is -5.05. The van der Waals surface area contributed by atoms with E-state index in [2.05, 4.69) is 28.5 Å². The molecule has 2 amide bonds. The van der Waals surface area contributed by atoms with E-state index in [1.54, 1.807) is 37.5 Å². The second kappa shape index (κ2) is 11.0. The van der Waals surface area contributed by atoms with Crippen molar-refractivity contribution in [2.45, 2.75) is 56.9 Å². The molecule has 1 unspecified atom stereocenters. The second-order valence-electron chi connectivity index (χ2n) is 13.1. The van der Waals surface area contributed by atoms with Gasteiger partial charge in [0.15, 0.2) is 23.0 Å². The van der Waals surface area contributed by atoms with Gasteiger partial charge in [0.25, 0.3) is 11.8 Å². The third kappa shape index (κ3) is 3.99. The molecule has 5 aliphatic rings. The number of piperazine rings is 1. The Morgan fingerprint density at radius 3 is 2.44 bits per heavy atom. The predicted molar refractivity (Wildman–Crippen MR) is 174 cm³/mol. The summed E-state index contributed by atoms with van der Waals surface area (Å²) in [4.78, 5) is 33.3. The van der Waals surface area contributed by atoms with E-state index in [9.17, 15) is 20.0 Å². The summed E-state index contributed by atoms with van der Waals surface area (Å²) in [6.45, 7) is 7.92. The molecular weight excluding hydrogens is 612 g/mol. The lowest BCUT2D eigenvalue weighted by atomic mass is 9.71. The van der Waals surface area contributed by atoms with Crippen molar-refractivity contribution in [2.75, 3.05) is 34.1 Å². The van der Waals surface area contributed by atoms with Crippen molar-refractivity contribution in [3.8, 4) is 34.8 Å². The molecule has 0 spiro atoms. The van der Waals surface area contributed by atoms with Gasteiger partial charge in [-0.25, -0.2) is 0 Å². The monoisotopic (exact) mass is 648 g/mol. The van der Waals surface area contributed by atoms with Crippen LogP contribution in [0.4, 0.5) is 0 Å². The Labute approximate surface area is 278 Å². The van der Waals surface area contributed by atoms with Crippen LogP contribution in [0.3, 0.4) is 0 Å². The smallest absolute Gasteiger partial charge is 0.261 e. The fourth-order valence-electron chi connectivity index (χ4n) is 8.92. The normalized spacial score (nSPS) is 25.1. The van der Waals surface area contributed by atoms with Crippen LogP contribution in [0.1, 0.15) is 66.2 Å².